The molecule has 0 saturated carbocycles. The molecule has 554 valence electrons. The van der Waals surface area contributed by atoms with Crippen LogP contribution < -0.4 is 51.9 Å². The van der Waals surface area contributed by atoms with Gasteiger partial charge in [-0.05, 0) is 160 Å². The second-order valence-corrected chi connectivity index (χ2v) is 31.6. The number of nitrogens with one attached hydrogen (secondary N) is 7. The number of carbonyl (C=O) groups excluding carboxylic acids is 3. The number of nitrogens with zero attached hydrogens (tertiary/aromatic N) is 17. The van der Waals surface area contributed by atoms with E-state index in [1.54, 1.807) is 24.8 Å². The van der Waals surface area contributed by atoms with Crippen LogP contribution in [0.3, 0.4) is 0 Å². The van der Waals surface area contributed by atoms with Crippen LogP contribution in [0.2, 0.25) is 0 Å². The van der Waals surface area contributed by atoms with Crippen molar-refractivity contribution in [1.29, 1.82) is 0 Å². The highest BCUT2D eigenvalue weighted by molar-refractivity contribution is 6.09. The zero-order valence-electron chi connectivity index (χ0n) is 61.9. The molecule has 21 rings (SSSR count). The predicted molar refractivity (Wildman–Crippen MR) is 424 cm³/mol. The van der Waals surface area contributed by atoms with Crippen LogP contribution in [0.15, 0.2) is 129 Å². The molecule has 9 aliphatic heterocycles. The number of hydrogen-bond acceptors (Lipinski definition) is 21. The number of likely N-dealkylation sites (tertiary alicyclic amines) is 2. The van der Waals surface area contributed by atoms with Crippen molar-refractivity contribution in [2.24, 2.45) is 24.8 Å². The summed E-state index contributed by atoms with van der Waals surface area (Å²) in [5.74, 6) is 6.01. The van der Waals surface area contributed by atoms with Crippen molar-refractivity contribution in [2.75, 3.05) is 104 Å². The summed E-state index contributed by atoms with van der Waals surface area (Å²) in [6, 6.07) is 26.2. The van der Waals surface area contributed by atoms with Gasteiger partial charge in [0, 0.05) is 204 Å². The molecule has 21 heterocycles. The molecule has 27 nitrogen and oxygen atoms in total. The first-order valence-electron chi connectivity index (χ1n) is 38.7. The van der Waals surface area contributed by atoms with E-state index in [2.05, 4.69) is 152 Å². The van der Waals surface area contributed by atoms with E-state index in [1.165, 1.54) is 0 Å². The van der Waals surface area contributed by atoms with E-state index in [0.717, 1.165) is 196 Å². The Morgan fingerprint density at radius 1 is 0.445 bits per heavy atom. The molecule has 27 heteroatoms. The van der Waals surface area contributed by atoms with Crippen LogP contribution in [-0.2, 0) is 52.6 Å². The molecule has 0 unspecified atom stereocenters. The highest BCUT2D eigenvalue weighted by Gasteiger charge is 2.44. The zero-order valence-corrected chi connectivity index (χ0v) is 61.9. The largest absolute Gasteiger partial charge is 0.352 e. The molecule has 0 aromatic carbocycles. The molecular formula is C83H84N24O3. The van der Waals surface area contributed by atoms with E-state index in [9.17, 15) is 14.4 Å². The summed E-state index contributed by atoms with van der Waals surface area (Å²) in [4.78, 5) is 99.9. The molecule has 3 amide bonds. The average Bonchev–Trinajstić information content (AvgIpc) is 0.968. The van der Waals surface area contributed by atoms with Gasteiger partial charge in [-0.25, -0.2) is 29.9 Å². The second kappa shape index (κ2) is 26.2. The van der Waals surface area contributed by atoms with E-state index < -0.39 is 0 Å². The van der Waals surface area contributed by atoms with Crippen molar-refractivity contribution in [1.82, 2.24) is 89.6 Å². The SMILES string of the molecule is Cc1cc(Nc2cnc(-c3ccnc4c3ccn4CCc3cc(Nc4cnc(-c5ccnc6c5ccn6CCc5cc(Nc6cnc(-c7ccnc8c7ccn8C)c7c6C(=O)NC7)nc(N6CC[C@@H]7CN(C)C[C@@H]76)c5)c5c4C(=O)NC5)nc(N4CC[C@H]5CN(C)C[C@H]54)c3)c3c2C(=O)NC3)nc(N2CC[C@@H]3CNC[C@@H]32)c1. The molecular weight excluding hydrogens is 1380 g/mol. The smallest absolute Gasteiger partial charge is 0.254 e. The number of anilines is 9. The summed E-state index contributed by atoms with van der Waals surface area (Å²) in [5, 5.41) is 26.5. The number of pyridine rings is 9. The van der Waals surface area contributed by atoms with Crippen molar-refractivity contribution < 1.29 is 14.4 Å². The lowest BCUT2D eigenvalue weighted by molar-refractivity contribution is 0.0958. The minimum Gasteiger partial charge on any atom is -0.352 e. The zero-order chi connectivity index (χ0) is 73.7. The maximum Gasteiger partial charge on any atom is 0.254 e. The summed E-state index contributed by atoms with van der Waals surface area (Å²) in [6.45, 7) is 13.2. The second-order valence-electron chi connectivity index (χ2n) is 31.6. The van der Waals surface area contributed by atoms with Crippen molar-refractivity contribution in [3.05, 3.63) is 179 Å². The fourth-order valence-corrected chi connectivity index (χ4v) is 19.7. The summed E-state index contributed by atoms with van der Waals surface area (Å²) < 4.78 is 6.38. The highest BCUT2D eigenvalue weighted by Crippen LogP contribution is 2.44. The Balaban J connectivity index is 0.554. The van der Waals surface area contributed by atoms with Crippen LogP contribution in [0.5, 0.6) is 0 Å². The number of rotatable bonds is 18. The Hall–Kier alpha value is -11.9. The lowest BCUT2D eigenvalue weighted by Gasteiger charge is -2.26. The van der Waals surface area contributed by atoms with Crippen LogP contribution in [0.4, 0.5) is 52.0 Å². The molecule has 0 spiro atoms. The molecule has 9 aliphatic rings. The van der Waals surface area contributed by atoms with E-state index in [-0.39, 0.29) is 17.7 Å². The molecule has 7 N–H and O–H groups in total. The van der Waals surface area contributed by atoms with Crippen LogP contribution in [0.1, 0.15) is 83.7 Å². The van der Waals surface area contributed by atoms with Crippen LogP contribution in [-0.4, -0.2) is 177 Å². The van der Waals surface area contributed by atoms with Gasteiger partial charge in [0.25, 0.3) is 17.7 Å². The Kier molecular flexibility index (Phi) is 15.8. The fraction of sp³-hybridized carbons (Fsp3) is 0.349. The topological polar surface area (TPSA) is 282 Å². The molecule has 110 heavy (non-hydrogen) atoms. The number of aryl methyl sites for hydroxylation is 6. The van der Waals surface area contributed by atoms with Crippen LogP contribution in [0.25, 0.3) is 66.9 Å². The maximum absolute atomic E-state index is 14.3. The third kappa shape index (κ3) is 11.2. The third-order valence-electron chi connectivity index (χ3n) is 24.9. The van der Waals surface area contributed by atoms with Crippen LogP contribution >= 0.6 is 0 Å². The van der Waals surface area contributed by atoms with E-state index in [4.69, 9.17) is 39.9 Å². The minimum atomic E-state index is -0.177. The van der Waals surface area contributed by atoms with Crippen LogP contribution in [0, 0.1) is 24.7 Å². The summed E-state index contributed by atoms with van der Waals surface area (Å²) in [6.07, 6.45) is 21.6. The van der Waals surface area contributed by atoms with Gasteiger partial charge in [0.05, 0.1) is 69.4 Å². The van der Waals surface area contributed by atoms with Crippen molar-refractivity contribution in [3.63, 3.8) is 0 Å². The first-order chi connectivity index (χ1) is 53.8. The number of aromatic nitrogens is 12. The summed E-state index contributed by atoms with van der Waals surface area (Å²) in [5.41, 5.74) is 16.7. The fourth-order valence-electron chi connectivity index (χ4n) is 19.7. The maximum atomic E-state index is 14.3. The lowest BCUT2D eigenvalue weighted by Crippen LogP contribution is -2.35. The van der Waals surface area contributed by atoms with Gasteiger partial charge in [-0.15, -0.1) is 0 Å². The first-order valence-corrected chi connectivity index (χ1v) is 38.7. The number of hydrogen-bond donors (Lipinski definition) is 7. The Labute approximate surface area is 634 Å². The predicted octanol–water partition coefficient (Wildman–Crippen LogP) is 9.48. The normalized spacial score (nSPS) is 21.2. The van der Waals surface area contributed by atoms with Gasteiger partial charge < -0.3 is 75.4 Å². The molecule has 0 radical (unpaired) electrons. The Bertz CT molecular complexity index is 5830. The number of likely N-dealkylation sites (N-methyl/N-ethyl adjacent to an activating group) is 2. The third-order valence-corrected chi connectivity index (χ3v) is 24.9. The molecule has 12 aromatic heterocycles. The molecule has 6 fully saturated rings. The minimum absolute atomic E-state index is 0.146. The lowest BCUT2D eigenvalue weighted by atomic mass is 10.0. The van der Waals surface area contributed by atoms with Gasteiger partial charge >= 0.3 is 0 Å². The molecule has 12 aromatic rings. The number of carbonyl (C=O) groups is 3. The monoisotopic (exact) mass is 1460 g/mol. The van der Waals surface area contributed by atoms with E-state index >= 15 is 0 Å². The summed E-state index contributed by atoms with van der Waals surface area (Å²) >= 11 is 0. The van der Waals surface area contributed by atoms with Gasteiger partial charge in [0.1, 0.15) is 51.8 Å². The van der Waals surface area contributed by atoms with Crippen molar-refractivity contribution in [2.45, 2.75) is 89.9 Å². The standard InChI is InChI=1S/C83H84N24O3/c1-45-27-66(97-69(28-45)105-24-10-48-33-84-40-63(48)105)94-60-37-89-76(58-35-92-81(108)72(58)60)52-6-17-86-79-55(52)14-22-103(79)20-9-47-30-68(99-71(32-47)107-26-12-50-42-101(3)44-65(50)107)96-62-39-90-77(59-36-93-83(110)74(59)62)53-7-18-87-80-56(53)15-23-104(80)21-8-46-29-67(98-70(31-46)106-25-11-49-41-100(2)43-64(49)106)95-61-38-88-75(57-34-91-82(109)73(57)61)51-5-16-85-78-54(51)13-19-102(78)4/h5-7,13-19,22-23,27-32,37-39,48-50,63-65,84H,8-12,20-21,24-26,33-36,40-44H2,1-4H3,(H,91,109)(H,92,108)(H,93,110)(H,94,97)(H,95,98)(H,96,99)/t48-,49-,50+,63+,64+,65-/m1/s1. The summed E-state index contributed by atoms with van der Waals surface area (Å²) in [7, 11) is 6.38. The quantitative estimate of drug-likeness (QED) is 0.0421. The molecule has 6 atom stereocenters. The van der Waals surface area contributed by atoms with Gasteiger partial charge in [-0.3, -0.25) is 29.3 Å². The van der Waals surface area contributed by atoms with Gasteiger partial charge in [0.15, 0.2) is 0 Å². The molecule has 6 saturated heterocycles. The van der Waals surface area contributed by atoms with Gasteiger partial charge in [-0.1, -0.05) is 0 Å². The van der Waals surface area contributed by atoms with Gasteiger partial charge in [-0.2, -0.15) is 0 Å². The Morgan fingerprint density at radius 3 is 1.35 bits per heavy atom. The van der Waals surface area contributed by atoms with Gasteiger partial charge in [0.2, 0.25) is 0 Å². The highest BCUT2D eigenvalue weighted by atomic mass is 16.2. The average molecular weight is 1470 g/mol. The molecule has 0 aliphatic carbocycles. The Morgan fingerprint density at radius 2 is 0.864 bits per heavy atom. The molecule has 0 bridgehead atoms. The van der Waals surface area contributed by atoms with Crippen molar-refractivity contribution >= 4 is 103 Å². The van der Waals surface area contributed by atoms with Crippen molar-refractivity contribution in [3.8, 4) is 33.8 Å². The number of fused-ring (bicyclic) bond motifs is 9. The van der Waals surface area contributed by atoms with E-state index in [0.29, 0.717) is 133 Å². The van der Waals surface area contributed by atoms with E-state index in [1.807, 2.05) is 60.5 Å². The number of amides is 3. The first kappa shape index (κ1) is 66.3.